The summed E-state index contributed by atoms with van der Waals surface area (Å²) in [6.07, 6.45) is 6.13. The Labute approximate surface area is 220 Å². The van der Waals surface area contributed by atoms with Gasteiger partial charge in [0.1, 0.15) is 23.1 Å². The minimum atomic E-state index is -0.670. The van der Waals surface area contributed by atoms with Gasteiger partial charge in [0.05, 0.1) is 28.5 Å². The first-order valence-electron chi connectivity index (χ1n) is 12.0. The predicted molar refractivity (Wildman–Crippen MR) is 143 cm³/mol. The molecule has 8 nitrogen and oxygen atoms in total. The first-order valence-corrected chi connectivity index (χ1v) is 12.0. The van der Waals surface area contributed by atoms with Gasteiger partial charge in [0, 0.05) is 37.0 Å². The summed E-state index contributed by atoms with van der Waals surface area (Å²) in [5, 5.41) is 9.50. The van der Waals surface area contributed by atoms with Crippen LogP contribution in [0.1, 0.15) is 49.2 Å². The van der Waals surface area contributed by atoms with Crippen LogP contribution in [0, 0.1) is 18.6 Å². The number of fused-ring (bicyclic) bond motifs is 1. The van der Waals surface area contributed by atoms with Crippen molar-refractivity contribution in [3.8, 4) is 11.5 Å². The fraction of sp³-hybridized carbons (Fsp3) is 0.286. The normalized spacial score (nSPS) is 10.9. The Morgan fingerprint density at radius 2 is 1.87 bits per heavy atom. The Balaban J connectivity index is 0.000000279. The smallest absolute Gasteiger partial charge is 0.254 e. The molecule has 0 bridgehead atoms. The second kappa shape index (κ2) is 11.8. The topological polar surface area (TPSA) is 98.1 Å². The molecule has 0 saturated heterocycles. The van der Waals surface area contributed by atoms with Crippen LogP contribution in [-0.4, -0.2) is 34.1 Å². The summed E-state index contributed by atoms with van der Waals surface area (Å²) >= 11 is 0. The summed E-state index contributed by atoms with van der Waals surface area (Å²) in [7, 11) is 1.42. The van der Waals surface area contributed by atoms with Gasteiger partial charge in [0.25, 0.3) is 5.91 Å². The molecule has 0 saturated carbocycles. The fourth-order valence-corrected chi connectivity index (χ4v) is 3.59. The van der Waals surface area contributed by atoms with E-state index in [1.54, 1.807) is 29.2 Å². The zero-order chi connectivity index (χ0) is 28.0. The number of hydrogen-bond acceptors (Lipinski definition) is 5. The molecule has 38 heavy (non-hydrogen) atoms. The zero-order valence-corrected chi connectivity index (χ0v) is 22.2. The Bertz CT molecular complexity index is 1460. The molecule has 0 aliphatic rings. The molecular formula is C28H31F2N5O3. The van der Waals surface area contributed by atoms with Gasteiger partial charge < -0.3 is 15.4 Å². The molecule has 0 aliphatic carbocycles. The highest BCUT2D eigenvalue weighted by atomic mass is 19.1. The van der Waals surface area contributed by atoms with Crippen LogP contribution in [-0.2, 0) is 16.8 Å². The zero-order valence-electron chi connectivity index (χ0n) is 22.2. The number of nitrogens with zero attached hydrogens (tertiary/aromatic N) is 3. The summed E-state index contributed by atoms with van der Waals surface area (Å²) in [4.78, 5) is 26.1. The molecule has 0 unspecified atom stereocenters. The Hall–Kier alpha value is -4.34. The van der Waals surface area contributed by atoms with Gasteiger partial charge in [-0.1, -0.05) is 6.92 Å². The lowest BCUT2D eigenvalue weighted by atomic mass is 10.1. The lowest BCUT2D eigenvalue weighted by molar-refractivity contribution is -0.105. The number of rotatable bonds is 6. The molecule has 10 heteroatoms. The average molecular weight is 524 g/mol. The summed E-state index contributed by atoms with van der Waals surface area (Å²) in [5.74, 6) is -0.835. The number of pyridine rings is 1. The van der Waals surface area contributed by atoms with E-state index in [9.17, 15) is 18.4 Å². The van der Waals surface area contributed by atoms with Crippen molar-refractivity contribution < 1.29 is 23.1 Å². The van der Waals surface area contributed by atoms with Crippen molar-refractivity contribution in [3.05, 3.63) is 77.2 Å². The van der Waals surface area contributed by atoms with Crippen LogP contribution in [0.4, 0.5) is 14.5 Å². The number of anilines is 1. The van der Waals surface area contributed by atoms with E-state index >= 15 is 0 Å². The van der Waals surface area contributed by atoms with Gasteiger partial charge >= 0.3 is 0 Å². The highest BCUT2D eigenvalue weighted by molar-refractivity contribution is 5.99. The van der Waals surface area contributed by atoms with Gasteiger partial charge in [-0.05, 0) is 63.4 Å². The van der Waals surface area contributed by atoms with Crippen LogP contribution in [0.15, 0.2) is 48.9 Å². The van der Waals surface area contributed by atoms with Crippen molar-refractivity contribution in [1.82, 2.24) is 20.1 Å². The number of ether oxygens (including phenoxy) is 1. The molecule has 2 heterocycles. The predicted octanol–water partition coefficient (Wildman–Crippen LogP) is 5.74. The average Bonchev–Trinajstić information content (AvgIpc) is 3.35. The van der Waals surface area contributed by atoms with Gasteiger partial charge in [-0.2, -0.15) is 5.10 Å². The van der Waals surface area contributed by atoms with Crippen molar-refractivity contribution in [1.29, 1.82) is 0 Å². The molecule has 0 radical (unpaired) electrons. The first kappa shape index (κ1) is 28.2. The van der Waals surface area contributed by atoms with Crippen molar-refractivity contribution >= 4 is 28.9 Å². The van der Waals surface area contributed by atoms with E-state index < -0.39 is 11.7 Å². The van der Waals surface area contributed by atoms with Crippen LogP contribution < -0.4 is 15.4 Å². The Morgan fingerprint density at radius 3 is 2.47 bits per heavy atom. The number of nitrogens with one attached hydrogen (secondary N) is 2. The third-order valence-electron chi connectivity index (χ3n) is 5.70. The molecular weight excluding hydrogens is 492 g/mol. The highest BCUT2D eigenvalue weighted by Gasteiger charge is 2.16. The van der Waals surface area contributed by atoms with Gasteiger partial charge in [-0.15, -0.1) is 0 Å². The van der Waals surface area contributed by atoms with E-state index in [4.69, 9.17) is 4.74 Å². The van der Waals surface area contributed by atoms with Crippen molar-refractivity contribution in [2.45, 2.75) is 46.6 Å². The molecule has 0 aliphatic heterocycles. The van der Waals surface area contributed by atoms with E-state index in [1.165, 1.54) is 31.4 Å². The van der Waals surface area contributed by atoms with E-state index in [1.807, 2.05) is 34.6 Å². The van der Waals surface area contributed by atoms with E-state index in [0.717, 1.165) is 11.3 Å². The van der Waals surface area contributed by atoms with Crippen molar-refractivity contribution in [3.63, 3.8) is 0 Å². The van der Waals surface area contributed by atoms with Crippen LogP contribution in [0.5, 0.6) is 11.5 Å². The standard InChI is InChI=1S/C20H18F2N2O2.C8H13N3O/c1-4-12-7-11(2)19(10-15(12)21)26-18-5-6-24-17-9-16(22)13(8-14(17)18)20(25)23-3;1-8(2,3)11-5-7(4-10-11)9-6-12/h5-10H,4H2,1-3H3,(H,23,25);4-6H,1-3H3,(H,9,12). The number of carbonyl (C=O) groups excluding carboxylic acids is 2. The van der Waals surface area contributed by atoms with Crippen LogP contribution in [0.25, 0.3) is 10.9 Å². The third kappa shape index (κ3) is 6.50. The van der Waals surface area contributed by atoms with E-state index in [2.05, 4.69) is 20.7 Å². The maximum Gasteiger partial charge on any atom is 0.254 e. The summed E-state index contributed by atoms with van der Waals surface area (Å²) in [6.45, 7) is 9.84. The van der Waals surface area contributed by atoms with Crippen LogP contribution in [0.2, 0.25) is 0 Å². The Kier molecular flexibility index (Phi) is 8.77. The molecule has 200 valence electrons. The molecule has 0 spiro atoms. The monoisotopic (exact) mass is 523 g/mol. The lowest BCUT2D eigenvalue weighted by Crippen LogP contribution is -2.21. The fourth-order valence-electron chi connectivity index (χ4n) is 3.59. The molecule has 2 amide bonds. The van der Waals surface area contributed by atoms with Crippen LogP contribution >= 0.6 is 0 Å². The number of aromatic nitrogens is 3. The minimum Gasteiger partial charge on any atom is -0.456 e. The molecule has 2 aromatic carbocycles. The SMILES string of the molecule is CC(C)(C)n1cc(NC=O)cn1.CCc1cc(C)c(Oc2ccnc3cc(F)c(C(=O)NC)cc23)cc1F. The second-order valence-corrected chi connectivity index (χ2v) is 9.51. The number of aryl methyl sites for hydroxylation is 2. The molecule has 0 atom stereocenters. The van der Waals surface area contributed by atoms with Crippen molar-refractivity contribution in [2.75, 3.05) is 12.4 Å². The molecule has 2 N–H and O–H groups in total. The maximum atomic E-state index is 14.1. The molecule has 2 aromatic heterocycles. The molecule has 4 rings (SSSR count). The summed E-state index contributed by atoms with van der Waals surface area (Å²) in [6, 6.07) is 7.24. The second-order valence-electron chi connectivity index (χ2n) is 9.51. The number of carbonyl (C=O) groups is 2. The van der Waals surface area contributed by atoms with E-state index in [-0.39, 0.29) is 16.9 Å². The van der Waals surface area contributed by atoms with Gasteiger partial charge in [-0.3, -0.25) is 19.3 Å². The Morgan fingerprint density at radius 1 is 1.13 bits per heavy atom. The lowest BCUT2D eigenvalue weighted by Gasteiger charge is -2.18. The maximum absolute atomic E-state index is 14.1. The number of benzene rings is 2. The quantitative estimate of drug-likeness (QED) is 0.314. The minimum absolute atomic E-state index is 0.0389. The summed E-state index contributed by atoms with van der Waals surface area (Å²) in [5.41, 5.74) is 2.31. The van der Waals surface area contributed by atoms with Gasteiger partial charge in [0.15, 0.2) is 0 Å². The third-order valence-corrected chi connectivity index (χ3v) is 5.70. The van der Waals surface area contributed by atoms with Gasteiger partial charge in [-0.25, -0.2) is 8.78 Å². The highest BCUT2D eigenvalue weighted by Crippen LogP contribution is 2.33. The van der Waals surface area contributed by atoms with Gasteiger partial charge in [0.2, 0.25) is 6.41 Å². The number of halogens is 2. The number of hydrogen-bond donors (Lipinski definition) is 2. The van der Waals surface area contributed by atoms with E-state index in [0.29, 0.717) is 40.8 Å². The van der Waals surface area contributed by atoms with Crippen molar-refractivity contribution in [2.24, 2.45) is 0 Å². The summed E-state index contributed by atoms with van der Waals surface area (Å²) < 4.78 is 35.9. The molecule has 0 fully saturated rings. The van der Waals surface area contributed by atoms with Crippen LogP contribution in [0.3, 0.4) is 0 Å². The molecule has 4 aromatic rings. The first-order chi connectivity index (χ1) is 18.0. The number of amides is 2. The largest absolute Gasteiger partial charge is 0.456 e.